The first-order valence-electron chi connectivity index (χ1n) is 6.57. The van der Waals surface area contributed by atoms with Crippen LogP contribution in [0.5, 0.6) is 0 Å². The first-order chi connectivity index (χ1) is 9.79. The highest BCUT2D eigenvalue weighted by atomic mass is 19.4. The molecule has 4 nitrogen and oxygen atoms in total. The number of halogens is 3. The molecule has 1 aromatic carbocycles. The van der Waals surface area contributed by atoms with Crippen molar-refractivity contribution in [3.63, 3.8) is 0 Å². The molecule has 0 radical (unpaired) electrons. The van der Waals surface area contributed by atoms with Crippen LogP contribution in [0.4, 0.5) is 18.9 Å². The van der Waals surface area contributed by atoms with E-state index in [1.165, 1.54) is 19.2 Å². The summed E-state index contributed by atoms with van der Waals surface area (Å²) in [5.74, 6) is -0.560. The molecule has 7 heteroatoms. The summed E-state index contributed by atoms with van der Waals surface area (Å²) in [5, 5.41) is 5.06. The lowest BCUT2D eigenvalue weighted by Crippen LogP contribution is -2.36. The number of hydrogen-bond donors (Lipinski definition) is 2. The van der Waals surface area contributed by atoms with Crippen molar-refractivity contribution in [3.8, 4) is 0 Å². The summed E-state index contributed by atoms with van der Waals surface area (Å²) in [6.45, 7) is 4.36. The maximum Gasteiger partial charge on any atom is 0.418 e. The predicted octanol–water partition coefficient (Wildman–Crippen LogP) is 2.90. The standard InChI is InChI=1S/C14H19F3N2O2/c1-4-21-8-9(2)19-13(20)10-5-6-12(18-3)11(7-10)14(15,16)17/h5-7,9,18H,4,8H2,1-3H3,(H,19,20). The van der Waals surface area contributed by atoms with Crippen molar-refractivity contribution in [1.82, 2.24) is 5.32 Å². The fraction of sp³-hybridized carbons (Fsp3) is 0.500. The molecule has 0 heterocycles. The Hall–Kier alpha value is -1.76. The normalized spacial score (nSPS) is 12.9. The van der Waals surface area contributed by atoms with E-state index in [2.05, 4.69) is 10.6 Å². The van der Waals surface area contributed by atoms with Crippen molar-refractivity contribution in [3.05, 3.63) is 29.3 Å². The maximum absolute atomic E-state index is 12.9. The molecule has 0 saturated heterocycles. The summed E-state index contributed by atoms with van der Waals surface area (Å²) in [6, 6.07) is 3.15. The molecular weight excluding hydrogens is 285 g/mol. The first-order valence-corrected chi connectivity index (χ1v) is 6.57. The zero-order valence-electron chi connectivity index (χ0n) is 12.2. The largest absolute Gasteiger partial charge is 0.418 e. The summed E-state index contributed by atoms with van der Waals surface area (Å²) in [6.07, 6.45) is -4.52. The lowest BCUT2D eigenvalue weighted by atomic mass is 10.1. The number of amides is 1. The number of nitrogens with one attached hydrogen (secondary N) is 2. The van der Waals surface area contributed by atoms with Gasteiger partial charge in [-0.15, -0.1) is 0 Å². The van der Waals surface area contributed by atoms with Crippen molar-refractivity contribution in [2.24, 2.45) is 0 Å². The van der Waals surface area contributed by atoms with Crippen molar-refractivity contribution in [2.45, 2.75) is 26.1 Å². The highest BCUT2D eigenvalue weighted by Crippen LogP contribution is 2.35. The quantitative estimate of drug-likeness (QED) is 0.849. The van der Waals surface area contributed by atoms with Gasteiger partial charge < -0.3 is 15.4 Å². The van der Waals surface area contributed by atoms with Crippen LogP contribution in [0.1, 0.15) is 29.8 Å². The van der Waals surface area contributed by atoms with Gasteiger partial charge in [-0.2, -0.15) is 13.2 Å². The number of anilines is 1. The van der Waals surface area contributed by atoms with Gasteiger partial charge in [-0.05, 0) is 32.0 Å². The molecule has 0 aromatic heterocycles. The molecule has 1 aromatic rings. The monoisotopic (exact) mass is 304 g/mol. The van der Waals surface area contributed by atoms with Crippen LogP contribution in [0.2, 0.25) is 0 Å². The van der Waals surface area contributed by atoms with Crippen LogP contribution in [0.15, 0.2) is 18.2 Å². The smallest absolute Gasteiger partial charge is 0.388 e. The summed E-state index contributed by atoms with van der Waals surface area (Å²) >= 11 is 0. The van der Waals surface area contributed by atoms with Gasteiger partial charge in [0.25, 0.3) is 5.91 Å². The van der Waals surface area contributed by atoms with E-state index in [0.717, 1.165) is 6.07 Å². The minimum atomic E-state index is -4.52. The van der Waals surface area contributed by atoms with Gasteiger partial charge in [-0.25, -0.2) is 0 Å². The van der Waals surface area contributed by atoms with Crippen molar-refractivity contribution in [2.75, 3.05) is 25.6 Å². The second kappa shape index (κ2) is 7.31. The van der Waals surface area contributed by atoms with E-state index in [1.54, 1.807) is 6.92 Å². The molecule has 0 spiro atoms. The highest BCUT2D eigenvalue weighted by molar-refractivity contribution is 5.95. The Morgan fingerprint density at radius 3 is 2.57 bits per heavy atom. The molecule has 1 unspecified atom stereocenters. The molecule has 0 saturated carbocycles. The Labute approximate surface area is 121 Å². The van der Waals surface area contributed by atoms with E-state index in [-0.39, 0.29) is 17.3 Å². The van der Waals surface area contributed by atoms with E-state index < -0.39 is 17.6 Å². The molecule has 1 rings (SSSR count). The van der Waals surface area contributed by atoms with Gasteiger partial charge in [0, 0.05) is 30.9 Å². The van der Waals surface area contributed by atoms with Gasteiger partial charge in [0.2, 0.25) is 0 Å². The number of benzene rings is 1. The maximum atomic E-state index is 12.9. The van der Waals surface area contributed by atoms with Gasteiger partial charge in [-0.3, -0.25) is 4.79 Å². The second-order valence-electron chi connectivity index (χ2n) is 4.54. The molecule has 1 atom stereocenters. The third kappa shape index (κ3) is 4.93. The van der Waals surface area contributed by atoms with Crippen molar-refractivity contribution < 1.29 is 22.7 Å². The Bertz CT molecular complexity index is 490. The van der Waals surface area contributed by atoms with Crippen LogP contribution in [-0.2, 0) is 10.9 Å². The highest BCUT2D eigenvalue weighted by Gasteiger charge is 2.34. The average Bonchev–Trinajstić information content (AvgIpc) is 2.43. The lowest BCUT2D eigenvalue weighted by Gasteiger charge is -2.16. The van der Waals surface area contributed by atoms with Gasteiger partial charge in [0.1, 0.15) is 0 Å². The lowest BCUT2D eigenvalue weighted by molar-refractivity contribution is -0.136. The van der Waals surface area contributed by atoms with Crippen molar-refractivity contribution in [1.29, 1.82) is 0 Å². The van der Waals surface area contributed by atoms with Gasteiger partial charge in [0.05, 0.1) is 12.2 Å². The molecule has 0 aliphatic carbocycles. The summed E-state index contributed by atoms with van der Waals surface area (Å²) in [5.41, 5.74) is -0.971. The Balaban J connectivity index is 2.91. The summed E-state index contributed by atoms with van der Waals surface area (Å²) in [7, 11) is 1.40. The van der Waals surface area contributed by atoms with Gasteiger partial charge >= 0.3 is 6.18 Å². The molecule has 0 bridgehead atoms. The van der Waals surface area contributed by atoms with Crippen LogP contribution in [0, 0.1) is 0 Å². The van der Waals surface area contributed by atoms with E-state index >= 15 is 0 Å². The zero-order chi connectivity index (χ0) is 16.0. The van der Waals surface area contributed by atoms with Gasteiger partial charge in [-0.1, -0.05) is 0 Å². The third-order valence-electron chi connectivity index (χ3n) is 2.81. The van der Waals surface area contributed by atoms with E-state index in [4.69, 9.17) is 4.74 Å². The summed E-state index contributed by atoms with van der Waals surface area (Å²) < 4.78 is 43.9. The Kier molecular flexibility index (Phi) is 6.02. The number of carbonyl (C=O) groups is 1. The number of hydrogen-bond acceptors (Lipinski definition) is 3. The van der Waals surface area contributed by atoms with Crippen LogP contribution in [0.3, 0.4) is 0 Å². The van der Waals surface area contributed by atoms with Gasteiger partial charge in [0.15, 0.2) is 0 Å². The predicted molar refractivity (Wildman–Crippen MR) is 74.4 cm³/mol. The van der Waals surface area contributed by atoms with E-state index in [0.29, 0.717) is 13.2 Å². The van der Waals surface area contributed by atoms with Crippen LogP contribution in [0.25, 0.3) is 0 Å². The van der Waals surface area contributed by atoms with E-state index in [1.807, 2.05) is 6.92 Å². The summed E-state index contributed by atoms with van der Waals surface area (Å²) in [4.78, 5) is 11.9. The SMILES string of the molecule is CCOCC(C)NC(=O)c1ccc(NC)c(C(F)(F)F)c1. The molecule has 118 valence electrons. The average molecular weight is 304 g/mol. The molecule has 1 amide bonds. The van der Waals surface area contributed by atoms with Crippen LogP contribution >= 0.6 is 0 Å². The third-order valence-corrected chi connectivity index (χ3v) is 2.81. The van der Waals surface area contributed by atoms with Crippen LogP contribution in [-0.4, -0.2) is 32.2 Å². The Morgan fingerprint density at radius 1 is 1.38 bits per heavy atom. The first kappa shape index (κ1) is 17.3. The second-order valence-corrected chi connectivity index (χ2v) is 4.54. The van der Waals surface area contributed by atoms with Crippen molar-refractivity contribution >= 4 is 11.6 Å². The fourth-order valence-electron chi connectivity index (χ4n) is 1.78. The number of rotatable bonds is 6. The molecule has 21 heavy (non-hydrogen) atoms. The minimum absolute atomic E-state index is 0.0373. The topological polar surface area (TPSA) is 50.4 Å². The minimum Gasteiger partial charge on any atom is -0.388 e. The number of alkyl halides is 3. The molecule has 2 N–H and O–H groups in total. The van der Waals surface area contributed by atoms with E-state index in [9.17, 15) is 18.0 Å². The molecular formula is C14H19F3N2O2. The molecule has 0 aliphatic heterocycles. The molecule has 0 aliphatic rings. The van der Waals surface area contributed by atoms with Crippen LogP contribution < -0.4 is 10.6 Å². The number of carbonyl (C=O) groups excluding carboxylic acids is 1. The molecule has 0 fully saturated rings. The zero-order valence-corrected chi connectivity index (χ0v) is 12.2. The number of ether oxygens (including phenoxy) is 1. The fourth-order valence-corrected chi connectivity index (χ4v) is 1.78. The Morgan fingerprint density at radius 2 is 2.05 bits per heavy atom.